The highest BCUT2D eigenvalue weighted by molar-refractivity contribution is 4.85. The number of nitrogens with two attached hydrogens (primary N) is 1. The summed E-state index contributed by atoms with van der Waals surface area (Å²) in [5, 5.41) is 6.91. The second-order valence-corrected chi connectivity index (χ2v) is 4.52. The van der Waals surface area contributed by atoms with Crippen molar-refractivity contribution in [3.05, 3.63) is 0 Å². The first-order valence-electron chi connectivity index (χ1n) is 5.53. The Morgan fingerprint density at radius 3 is 2.54 bits per heavy atom. The van der Waals surface area contributed by atoms with E-state index in [2.05, 4.69) is 10.6 Å². The standard InChI is InChI=1S/C10H21N3/c11-10-4-9(6-13-7-10)8-2-1-3-12-5-8/h8-10,12-13H,1-7,11H2. The van der Waals surface area contributed by atoms with Crippen molar-refractivity contribution < 1.29 is 0 Å². The number of piperidine rings is 2. The van der Waals surface area contributed by atoms with Crippen LogP contribution in [0.2, 0.25) is 0 Å². The molecular weight excluding hydrogens is 162 g/mol. The lowest BCUT2D eigenvalue weighted by atomic mass is 9.80. The van der Waals surface area contributed by atoms with Crippen LogP contribution in [-0.4, -0.2) is 32.2 Å². The number of hydrogen-bond acceptors (Lipinski definition) is 3. The van der Waals surface area contributed by atoms with Gasteiger partial charge in [0, 0.05) is 12.6 Å². The van der Waals surface area contributed by atoms with Crippen LogP contribution < -0.4 is 16.4 Å². The zero-order valence-corrected chi connectivity index (χ0v) is 8.26. The Balaban J connectivity index is 1.83. The van der Waals surface area contributed by atoms with Gasteiger partial charge >= 0.3 is 0 Å². The fourth-order valence-electron chi connectivity index (χ4n) is 2.65. The van der Waals surface area contributed by atoms with Gasteiger partial charge in [0.25, 0.3) is 0 Å². The molecule has 13 heavy (non-hydrogen) atoms. The molecule has 2 saturated heterocycles. The first-order valence-corrected chi connectivity index (χ1v) is 5.53. The van der Waals surface area contributed by atoms with Gasteiger partial charge in [-0.3, -0.25) is 0 Å². The normalized spacial score (nSPS) is 41.8. The van der Waals surface area contributed by atoms with E-state index in [1.807, 2.05) is 0 Å². The maximum absolute atomic E-state index is 5.95. The molecule has 0 saturated carbocycles. The monoisotopic (exact) mass is 183 g/mol. The molecule has 3 unspecified atom stereocenters. The molecule has 0 amide bonds. The highest BCUT2D eigenvalue weighted by atomic mass is 14.9. The van der Waals surface area contributed by atoms with Crippen molar-refractivity contribution in [2.75, 3.05) is 26.2 Å². The molecule has 0 spiro atoms. The molecule has 3 atom stereocenters. The lowest BCUT2D eigenvalue weighted by Gasteiger charge is -2.36. The molecule has 2 heterocycles. The Morgan fingerprint density at radius 2 is 1.85 bits per heavy atom. The van der Waals surface area contributed by atoms with Gasteiger partial charge in [-0.1, -0.05) is 0 Å². The molecule has 2 aliphatic heterocycles. The molecule has 0 aromatic carbocycles. The number of rotatable bonds is 1. The van der Waals surface area contributed by atoms with Crippen LogP contribution in [0.25, 0.3) is 0 Å². The number of nitrogens with one attached hydrogen (secondary N) is 2. The third kappa shape index (κ3) is 2.42. The molecule has 3 nitrogen and oxygen atoms in total. The molecule has 0 bridgehead atoms. The van der Waals surface area contributed by atoms with E-state index in [0.717, 1.165) is 18.4 Å². The van der Waals surface area contributed by atoms with Crippen LogP contribution in [0.15, 0.2) is 0 Å². The van der Waals surface area contributed by atoms with E-state index in [9.17, 15) is 0 Å². The zero-order valence-electron chi connectivity index (χ0n) is 8.26. The van der Waals surface area contributed by atoms with Gasteiger partial charge < -0.3 is 16.4 Å². The molecular formula is C10H21N3. The van der Waals surface area contributed by atoms with Crippen LogP contribution in [0.1, 0.15) is 19.3 Å². The van der Waals surface area contributed by atoms with Crippen molar-refractivity contribution >= 4 is 0 Å². The van der Waals surface area contributed by atoms with Crippen molar-refractivity contribution in [2.24, 2.45) is 17.6 Å². The van der Waals surface area contributed by atoms with Crippen molar-refractivity contribution in [3.8, 4) is 0 Å². The average Bonchev–Trinajstić information content (AvgIpc) is 2.19. The van der Waals surface area contributed by atoms with E-state index < -0.39 is 0 Å². The maximum atomic E-state index is 5.95. The molecule has 2 aliphatic rings. The van der Waals surface area contributed by atoms with E-state index >= 15 is 0 Å². The van der Waals surface area contributed by atoms with Crippen LogP contribution in [-0.2, 0) is 0 Å². The zero-order chi connectivity index (χ0) is 9.10. The Hall–Kier alpha value is -0.120. The SMILES string of the molecule is NC1CNCC(C2CCCNC2)C1. The summed E-state index contributed by atoms with van der Waals surface area (Å²) in [7, 11) is 0. The Morgan fingerprint density at radius 1 is 1.00 bits per heavy atom. The minimum Gasteiger partial charge on any atom is -0.327 e. The average molecular weight is 183 g/mol. The van der Waals surface area contributed by atoms with Crippen molar-refractivity contribution in [1.82, 2.24) is 10.6 Å². The highest BCUT2D eigenvalue weighted by Gasteiger charge is 2.27. The first-order chi connectivity index (χ1) is 6.36. The Bertz CT molecular complexity index is 154. The van der Waals surface area contributed by atoms with Crippen molar-refractivity contribution in [3.63, 3.8) is 0 Å². The summed E-state index contributed by atoms with van der Waals surface area (Å²) in [6, 6.07) is 0.390. The molecule has 0 aliphatic carbocycles. The largest absolute Gasteiger partial charge is 0.327 e. The fraction of sp³-hybridized carbons (Fsp3) is 1.00. The lowest BCUT2D eigenvalue weighted by molar-refractivity contribution is 0.207. The summed E-state index contributed by atoms with van der Waals surface area (Å²) in [6.45, 7) is 4.61. The van der Waals surface area contributed by atoms with Crippen molar-refractivity contribution in [1.29, 1.82) is 0 Å². The molecule has 2 fully saturated rings. The summed E-state index contributed by atoms with van der Waals surface area (Å²) < 4.78 is 0. The highest BCUT2D eigenvalue weighted by Crippen LogP contribution is 2.24. The van der Waals surface area contributed by atoms with Crippen LogP contribution in [0, 0.1) is 11.8 Å². The lowest BCUT2D eigenvalue weighted by Crippen LogP contribution is -2.48. The summed E-state index contributed by atoms with van der Waals surface area (Å²) in [5.41, 5.74) is 5.95. The molecule has 0 aromatic rings. The predicted molar refractivity (Wildman–Crippen MR) is 54.5 cm³/mol. The summed E-state index contributed by atoms with van der Waals surface area (Å²) in [5.74, 6) is 1.68. The van der Waals surface area contributed by atoms with Crippen LogP contribution in [0.3, 0.4) is 0 Å². The minimum atomic E-state index is 0.390. The summed E-state index contributed by atoms with van der Waals surface area (Å²) in [4.78, 5) is 0. The number of hydrogen-bond donors (Lipinski definition) is 3. The van der Waals surface area contributed by atoms with Crippen LogP contribution in [0.4, 0.5) is 0 Å². The van der Waals surface area contributed by atoms with Gasteiger partial charge in [0.15, 0.2) is 0 Å². The van der Waals surface area contributed by atoms with Crippen molar-refractivity contribution in [2.45, 2.75) is 25.3 Å². The van der Waals surface area contributed by atoms with Crippen LogP contribution >= 0.6 is 0 Å². The second-order valence-electron chi connectivity index (χ2n) is 4.52. The summed E-state index contributed by atoms with van der Waals surface area (Å²) in [6.07, 6.45) is 3.96. The molecule has 4 N–H and O–H groups in total. The summed E-state index contributed by atoms with van der Waals surface area (Å²) >= 11 is 0. The van der Waals surface area contributed by atoms with Gasteiger partial charge in [-0.25, -0.2) is 0 Å². The third-order valence-electron chi connectivity index (χ3n) is 3.42. The van der Waals surface area contributed by atoms with Gasteiger partial charge in [0.1, 0.15) is 0 Å². The van der Waals surface area contributed by atoms with E-state index in [-0.39, 0.29) is 0 Å². The second kappa shape index (κ2) is 4.40. The quantitative estimate of drug-likeness (QED) is 0.533. The van der Waals surface area contributed by atoms with Gasteiger partial charge in [-0.05, 0) is 50.7 Å². The fourth-order valence-corrected chi connectivity index (χ4v) is 2.65. The Kier molecular flexibility index (Phi) is 3.19. The van der Waals surface area contributed by atoms with Gasteiger partial charge in [0.05, 0.1) is 0 Å². The van der Waals surface area contributed by atoms with Gasteiger partial charge in [-0.2, -0.15) is 0 Å². The first kappa shape index (κ1) is 9.44. The molecule has 76 valence electrons. The van der Waals surface area contributed by atoms with E-state index in [4.69, 9.17) is 5.73 Å². The molecule has 0 radical (unpaired) electrons. The van der Waals surface area contributed by atoms with E-state index in [1.165, 1.54) is 38.9 Å². The van der Waals surface area contributed by atoms with Gasteiger partial charge in [0.2, 0.25) is 0 Å². The third-order valence-corrected chi connectivity index (χ3v) is 3.42. The maximum Gasteiger partial charge on any atom is 0.0168 e. The van der Waals surface area contributed by atoms with E-state index in [1.54, 1.807) is 0 Å². The Labute approximate surface area is 80.5 Å². The predicted octanol–water partition coefficient (Wildman–Crippen LogP) is -0.0772. The van der Waals surface area contributed by atoms with Gasteiger partial charge in [-0.15, -0.1) is 0 Å². The molecule has 3 heteroatoms. The molecule has 0 aromatic heterocycles. The van der Waals surface area contributed by atoms with Crippen LogP contribution in [0.5, 0.6) is 0 Å². The smallest absolute Gasteiger partial charge is 0.0168 e. The van der Waals surface area contributed by atoms with E-state index in [0.29, 0.717) is 6.04 Å². The molecule has 2 rings (SSSR count). The topological polar surface area (TPSA) is 50.1 Å². The minimum absolute atomic E-state index is 0.390.